The van der Waals surface area contributed by atoms with Crippen molar-refractivity contribution in [1.82, 2.24) is 20.5 Å². The Morgan fingerprint density at radius 3 is 2.73 bits per heavy atom. The van der Waals surface area contributed by atoms with Crippen molar-refractivity contribution in [3.63, 3.8) is 0 Å². The highest BCUT2D eigenvalue weighted by atomic mass is 16.2. The van der Waals surface area contributed by atoms with Crippen LogP contribution < -0.4 is 16.0 Å². The highest BCUT2D eigenvalue weighted by Gasteiger charge is 2.31. The first-order chi connectivity index (χ1) is 14.5. The number of hydrogen-bond acceptors (Lipinski definition) is 4. The fraction of sp³-hybridized carbons (Fsp3) is 0.636. The zero-order valence-corrected chi connectivity index (χ0v) is 18.1. The number of amides is 2. The van der Waals surface area contributed by atoms with E-state index < -0.39 is 0 Å². The summed E-state index contributed by atoms with van der Waals surface area (Å²) in [4.78, 5) is 35.4. The third kappa shape index (κ3) is 6.43. The van der Waals surface area contributed by atoms with Crippen LogP contribution in [0.25, 0.3) is 0 Å². The number of carbonyl (C=O) groups excluding carboxylic acids is 2. The Labute approximate surface area is 178 Å². The van der Waals surface area contributed by atoms with Gasteiger partial charge in [-0.05, 0) is 38.3 Å². The zero-order chi connectivity index (χ0) is 21.3. The third-order valence-corrected chi connectivity index (χ3v) is 5.82. The van der Waals surface area contributed by atoms with Crippen molar-refractivity contribution in [1.29, 1.82) is 0 Å². The first kappa shape index (κ1) is 22.1. The number of anilines is 1. The Hall–Kier alpha value is -2.64. The summed E-state index contributed by atoms with van der Waals surface area (Å²) in [7, 11) is 1.71. The van der Waals surface area contributed by atoms with E-state index in [1.54, 1.807) is 13.1 Å². The predicted octanol–water partition coefficient (Wildman–Crippen LogP) is 2.06. The second-order valence-corrected chi connectivity index (χ2v) is 8.21. The summed E-state index contributed by atoms with van der Waals surface area (Å²) in [6, 6.07) is 5.72. The third-order valence-electron chi connectivity index (χ3n) is 5.82. The summed E-state index contributed by atoms with van der Waals surface area (Å²) < 4.78 is 0. The first-order valence-electron chi connectivity index (χ1n) is 11.0. The summed E-state index contributed by atoms with van der Waals surface area (Å²) in [6.45, 7) is 3.87. The molecule has 8 heteroatoms. The van der Waals surface area contributed by atoms with E-state index in [0.717, 1.165) is 38.0 Å². The summed E-state index contributed by atoms with van der Waals surface area (Å²) in [5, 5.41) is 9.37. The molecule has 8 nitrogen and oxygen atoms in total. The quantitative estimate of drug-likeness (QED) is 0.489. The maximum Gasteiger partial charge on any atom is 0.227 e. The lowest BCUT2D eigenvalue weighted by Gasteiger charge is -2.26. The normalized spacial score (nSPS) is 20.1. The van der Waals surface area contributed by atoms with Crippen LogP contribution in [0.4, 0.5) is 5.82 Å². The van der Waals surface area contributed by atoms with Gasteiger partial charge in [0.1, 0.15) is 5.82 Å². The van der Waals surface area contributed by atoms with Gasteiger partial charge in [-0.2, -0.15) is 0 Å². The number of guanidine groups is 1. The Morgan fingerprint density at radius 2 is 2.00 bits per heavy atom. The molecule has 1 atom stereocenters. The van der Waals surface area contributed by atoms with Crippen molar-refractivity contribution in [2.45, 2.75) is 57.9 Å². The summed E-state index contributed by atoms with van der Waals surface area (Å²) >= 11 is 0. The molecule has 3 N–H and O–H groups in total. The number of hydrogen-bond donors (Lipinski definition) is 3. The molecule has 0 radical (unpaired) electrons. The molecule has 3 rings (SSSR count). The number of pyridine rings is 1. The number of aryl methyl sites for hydroxylation is 1. The average molecular weight is 415 g/mol. The van der Waals surface area contributed by atoms with Gasteiger partial charge in [-0.1, -0.05) is 25.3 Å². The smallest absolute Gasteiger partial charge is 0.227 e. The molecule has 1 unspecified atom stereocenters. The lowest BCUT2D eigenvalue weighted by atomic mass is 9.88. The fourth-order valence-electron chi connectivity index (χ4n) is 4.19. The van der Waals surface area contributed by atoms with E-state index in [2.05, 4.69) is 25.9 Å². The average Bonchev–Trinajstić information content (AvgIpc) is 3.21. The van der Waals surface area contributed by atoms with Gasteiger partial charge in [0.25, 0.3) is 0 Å². The zero-order valence-electron chi connectivity index (χ0n) is 18.1. The van der Waals surface area contributed by atoms with Gasteiger partial charge in [-0.15, -0.1) is 0 Å². The minimum absolute atomic E-state index is 0.0961. The minimum atomic E-state index is -0.0961. The molecule has 1 aliphatic heterocycles. The minimum Gasteiger partial charge on any atom is -0.356 e. The number of carbonyl (C=O) groups is 2. The second kappa shape index (κ2) is 10.9. The van der Waals surface area contributed by atoms with Crippen LogP contribution in [0.5, 0.6) is 0 Å². The van der Waals surface area contributed by atoms with Crippen molar-refractivity contribution < 1.29 is 9.59 Å². The lowest BCUT2D eigenvalue weighted by molar-refractivity contribution is -0.135. The molecule has 2 heterocycles. The van der Waals surface area contributed by atoms with Gasteiger partial charge >= 0.3 is 0 Å². The number of nitrogens with one attached hydrogen (secondary N) is 3. The fourth-order valence-corrected chi connectivity index (χ4v) is 4.19. The van der Waals surface area contributed by atoms with Crippen molar-refractivity contribution in [2.75, 3.05) is 32.0 Å². The molecule has 2 fully saturated rings. The molecule has 1 aliphatic carbocycles. The van der Waals surface area contributed by atoms with Crippen LogP contribution in [-0.2, 0) is 9.59 Å². The van der Waals surface area contributed by atoms with Gasteiger partial charge in [-0.3, -0.25) is 14.6 Å². The number of aliphatic imine (C=N–C) groups is 1. The molecular weight excluding hydrogens is 380 g/mol. The number of rotatable bonds is 6. The van der Waals surface area contributed by atoms with Crippen LogP contribution in [-0.4, -0.2) is 60.4 Å². The van der Waals surface area contributed by atoms with Crippen molar-refractivity contribution >= 4 is 23.6 Å². The molecule has 1 aromatic heterocycles. The van der Waals surface area contributed by atoms with Crippen LogP contribution >= 0.6 is 0 Å². The van der Waals surface area contributed by atoms with Crippen molar-refractivity contribution in [3.8, 4) is 0 Å². The van der Waals surface area contributed by atoms with E-state index in [9.17, 15) is 9.59 Å². The summed E-state index contributed by atoms with van der Waals surface area (Å²) in [6.07, 6.45) is 6.92. The van der Waals surface area contributed by atoms with Crippen molar-refractivity contribution in [3.05, 3.63) is 23.9 Å². The second-order valence-electron chi connectivity index (χ2n) is 8.21. The van der Waals surface area contributed by atoms with E-state index in [-0.39, 0.29) is 17.9 Å². The van der Waals surface area contributed by atoms with Gasteiger partial charge in [0.15, 0.2) is 5.96 Å². The van der Waals surface area contributed by atoms with Crippen LogP contribution in [0, 0.1) is 12.8 Å². The Morgan fingerprint density at radius 1 is 1.20 bits per heavy atom. The van der Waals surface area contributed by atoms with Crippen LogP contribution in [0.3, 0.4) is 0 Å². The number of aromatic nitrogens is 1. The van der Waals surface area contributed by atoms with E-state index in [1.165, 1.54) is 19.3 Å². The highest BCUT2D eigenvalue weighted by molar-refractivity contribution is 5.90. The molecule has 30 heavy (non-hydrogen) atoms. The van der Waals surface area contributed by atoms with Gasteiger partial charge in [0, 0.05) is 50.8 Å². The van der Waals surface area contributed by atoms with E-state index >= 15 is 0 Å². The van der Waals surface area contributed by atoms with Gasteiger partial charge < -0.3 is 20.9 Å². The summed E-state index contributed by atoms with van der Waals surface area (Å²) in [5.41, 5.74) is 0.864. The topological polar surface area (TPSA) is 98.7 Å². The van der Waals surface area contributed by atoms with E-state index in [1.807, 2.05) is 24.0 Å². The Balaban J connectivity index is 1.37. The number of nitrogens with zero attached hydrogens (tertiary/aromatic N) is 3. The lowest BCUT2D eigenvalue weighted by Crippen LogP contribution is -2.46. The monoisotopic (exact) mass is 414 g/mol. The van der Waals surface area contributed by atoms with Gasteiger partial charge in [0.05, 0.1) is 0 Å². The molecule has 0 spiro atoms. The maximum absolute atomic E-state index is 12.7. The van der Waals surface area contributed by atoms with Crippen LogP contribution in [0.15, 0.2) is 23.2 Å². The molecule has 164 valence electrons. The van der Waals surface area contributed by atoms with E-state index in [4.69, 9.17) is 0 Å². The Bertz CT molecular complexity index is 760. The van der Waals surface area contributed by atoms with Crippen LogP contribution in [0.1, 0.15) is 50.6 Å². The summed E-state index contributed by atoms with van der Waals surface area (Å²) in [5.74, 6) is 1.67. The Kier molecular flexibility index (Phi) is 8.04. The molecule has 2 aliphatic rings. The van der Waals surface area contributed by atoms with Crippen LogP contribution in [0.2, 0.25) is 0 Å². The standard InChI is InChI=1S/C22H34N6O2/c1-16-7-6-10-19(25-16)27-20(29)11-13-24-22(23-2)26-18-12-14-28(15-18)21(30)17-8-4-3-5-9-17/h6-7,10,17-18H,3-5,8-9,11-15H2,1-2H3,(H2,23,24,26)(H,25,27,29). The SMILES string of the molecule is CN=C(NCCC(=O)Nc1cccc(C)n1)NC1CCN(C(=O)C2CCCCC2)C1. The molecule has 1 saturated carbocycles. The molecule has 0 aromatic carbocycles. The number of likely N-dealkylation sites (tertiary alicyclic amines) is 1. The van der Waals surface area contributed by atoms with Gasteiger partial charge in [0.2, 0.25) is 11.8 Å². The highest BCUT2D eigenvalue weighted by Crippen LogP contribution is 2.26. The largest absolute Gasteiger partial charge is 0.356 e. The molecule has 1 aromatic rings. The van der Waals surface area contributed by atoms with Gasteiger partial charge in [-0.25, -0.2) is 4.98 Å². The molecule has 2 amide bonds. The first-order valence-corrected chi connectivity index (χ1v) is 11.0. The molecule has 0 bridgehead atoms. The van der Waals surface area contributed by atoms with Crippen molar-refractivity contribution in [2.24, 2.45) is 10.9 Å². The molecular formula is C22H34N6O2. The maximum atomic E-state index is 12.7. The van der Waals surface area contributed by atoms with E-state index in [0.29, 0.717) is 30.7 Å². The predicted molar refractivity (Wildman–Crippen MR) is 118 cm³/mol. The molecule has 1 saturated heterocycles.